The van der Waals surface area contributed by atoms with E-state index in [2.05, 4.69) is 20.5 Å². The summed E-state index contributed by atoms with van der Waals surface area (Å²) in [6.45, 7) is 3.56. The zero-order valence-electron chi connectivity index (χ0n) is 10.6. The molecule has 0 aromatic carbocycles. The predicted molar refractivity (Wildman–Crippen MR) is 71.9 cm³/mol. The Morgan fingerprint density at radius 2 is 2.20 bits per heavy atom. The van der Waals surface area contributed by atoms with Gasteiger partial charge in [0.1, 0.15) is 5.56 Å². The lowest BCUT2D eigenvalue weighted by atomic mass is 10.2. The van der Waals surface area contributed by atoms with Gasteiger partial charge in [0, 0.05) is 17.5 Å². The van der Waals surface area contributed by atoms with Crippen LogP contribution in [-0.4, -0.2) is 26.0 Å². The van der Waals surface area contributed by atoms with Crippen LogP contribution in [0.2, 0.25) is 5.15 Å². The van der Waals surface area contributed by atoms with Gasteiger partial charge in [-0.3, -0.25) is 20.0 Å². The zero-order valence-corrected chi connectivity index (χ0v) is 11.4. The molecule has 0 bridgehead atoms. The molecular weight excluding hydrogens is 286 g/mol. The maximum absolute atomic E-state index is 12.1. The van der Waals surface area contributed by atoms with Gasteiger partial charge in [-0.15, -0.1) is 0 Å². The normalized spacial score (nSPS) is 10.3. The van der Waals surface area contributed by atoms with Crippen molar-refractivity contribution in [1.29, 1.82) is 0 Å². The Morgan fingerprint density at radius 1 is 1.50 bits per heavy atom. The fraction of sp³-hybridized carbons (Fsp3) is 0.182. The molecule has 20 heavy (non-hydrogen) atoms. The van der Waals surface area contributed by atoms with E-state index in [-0.39, 0.29) is 10.7 Å². The van der Waals surface area contributed by atoms with Gasteiger partial charge in [-0.1, -0.05) is 11.6 Å². The first-order valence-corrected chi connectivity index (χ1v) is 5.91. The lowest BCUT2D eigenvalue weighted by Crippen LogP contribution is -2.15. The highest BCUT2D eigenvalue weighted by molar-refractivity contribution is 6.32. The molecule has 104 valence electrons. The lowest BCUT2D eigenvalue weighted by molar-refractivity contribution is -0.385. The number of aromatic amines is 1. The summed E-state index contributed by atoms with van der Waals surface area (Å²) in [4.78, 5) is 25.9. The van der Waals surface area contributed by atoms with E-state index in [1.165, 1.54) is 12.3 Å². The van der Waals surface area contributed by atoms with Crippen LogP contribution in [0.25, 0.3) is 0 Å². The third-order valence-electron chi connectivity index (χ3n) is 2.79. The maximum Gasteiger partial charge on any atom is 0.319 e. The molecule has 0 aliphatic carbocycles. The van der Waals surface area contributed by atoms with Crippen LogP contribution in [-0.2, 0) is 0 Å². The number of nitrogens with zero attached hydrogens (tertiary/aromatic N) is 3. The second-order valence-corrected chi connectivity index (χ2v) is 4.39. The second-order valence-electron chi connectivity index (χ2n) is 4.03. The molecule has 0 atom stereocenters. The SMILES string of the molecule is Cc1[nH]nc(NC(=O)c2ccnc(Cl)c2[N+](=O)[O-])c1C. The van der Waals surface area contributed by atoms with Gasteiger partial charge in [0.2, 0.25) is 5.15 Å². The minimum absolute atomic E-state index is 0.171. The van der Waals surface area contributed by atoms with Crippen molar-refractivity contribution in [3.63, 3.8) is 0 Å². The van der Waals surface area contributed by atoms with Crippen LogP contribution >= 0.6 is 11.6 Å². The van der Waals surface area contributed by atoms with E-state index in [9.17, 15) is 14.9 Å². The number of H-pyrrole nitrogens is 1. The second kappa shape index (κ2) is 5.25. The highest BCUT2D eigenvalue weighted by Gasteiger charge is 2.25. The first-order valence-electron chi connectivity index (χ1n) is 5.53. The molecule has 0 aliphatic rings. The van der Waals surface area contributed by atoms with Gasteiger partial charge < -0.3 is 5.32 Å². The van der Waals surface area contributed by atoms with Crippen molar-refractivity contribution in [3.8, 4) is 0 Å². The summed E-state index contributed by atoms with van der Waals surface area (Å²) in [5.41, 5.74) is 0.843. The fourth-order valence-corrected chi connectivity index (χ4v) is 1.79. The average Bonchev–Trinajstić information content (AvgIpc) is 2.70. The topological polar surface area (TPSA) is 114 Å². The molecule has 2 N–H and O–H groups in total. The van der Waals surface area contributed by atoms with Gasteiger partial charge >= 0.3 is 5.69 Å². The Labute approximate surface area is 118 Å². The highest BCUT2D eigenvalue weighted by atomic mass is 35.5. The molecule has 0 fully saturated rings. The molecule has 2 aromatic rings. The molecule has 0 saturated heterocycles. The Balaban J connectivity index is 2.37. The average molecular weight is 296 g/mol. The minimum atomic E-state index is -0.743. The molecule has 0 radical (unpaired) electrons. The van der Waals surface area contributed by atoms with E-state index in [0.29, 0.717) is 5.82 Å². The Kier molecular flexibility index (Phi) is 3.66. The van der Waals surface area contributed by atoms with Crippen molar-refractivity contribution < 1.29 is 9.72 Å². The van der Waals surface area contributed by atoms with Crippen LogP contribution in [0.15, 0.2) is 12.3 Å². The summed E-state index contributed by atoms with van der Waals surface area (Å²) in [6.07, 6.45) is 1.23. The van der Waals surface area contributed by atoms with Gasteiger partial charge in [-0.2, -0.15) is 5.10 Å². The van der Waals surface area contributed by atoms with Crippen LogP contribution in [0, 0.1) is 24.0 Å². The molecule has 0 saturated carbocycles. The van der Waals surface area contributed by atoms with E-state index in [1.54, 1.807) is 13.8 Å². The smallest absolute Gasteiger partial charge is 0.305 e. The number of aromatic nitrogens is 3. The van der Waals surface area contributed by atoms with Crippen molar-refractivity contribution >= 4 is 29.0 Å². The molecule has 0 spiro atoms. The van der Waals surface area contributed by atoms with Crippen LogP contribution in [0.5, 0.6) is 0 Å². The monoisotopic (exact) mass is 295 g/mol. The molecule has 8 nitrogen and oxygen atoms in total. The fourth-order valence-electron chi connectivity index (χ4n) is 1.57. The number of nitrogens with one attached hydrogen (secondary N) is 2. The number of anilines is 1. The third-order valence-corrected chi connectivity index (χ3v) is 3.07. The van der Waals surface area contributed by atoms with Gasteiger partial charge in [0.15, 0.2) is 5.82 Å². The number of aryl methyl sites for hydroxylation is 1. The molecular formula is C11H10ClN5O3. The number of rotatable bonds is 3. The number of hydrogen-bond donors (Lipinski definition) is 2. The minimum Gasteiger partial charge on any atom is -0.305 e. The Hall–Kier alpha value is -2.48. The molecule has 9 heteroatoms. The van der Waals surface area contributed by atoms with Crippen LogP contribution in [0.3, 0.4) is 0 Å². The summed E-state index contributed by atoms with van der Waals surface area (Å²) < 4.78 is 0. The van der Waals surface area contributed by atoms with E-state index in [4.69, 9.17) is 11.6 Å². The number of halogens is 1. The quantitative estimate of drug-likeness (QED) is 0.512. The van der Waals surface area contributed by atoms with E-state index in [1.807, 2.05) is 0 Å². The lowest BCUT2D eigenvalue weighted by Gasteiger charge is -2.04. The van der Waals surface area contributed by atoms with Crippen LogP contribution < -0.4 is 5.32 Å². The summed E-state index contributed by atoms with van der Waals surface area (Å²) in [5, 5.41) is 19.7. The van der Waals surface area contributed by atoms with Crippen LogP contribution in [0.1, 0.15) is 21.6 Å². The predicted octanol–water partition coefficient (Wildman–Crippen LogP) is 2.24. The molecule has 2 heterocycles. The van der Waals surface area contributed by atoms with Crippen molar-refractivity contribution in [2.75, 3.05) is 5.32 Å². The number of amides is 1. The number of pyridine rings is 1. The molecule has 2 aromatic heterocycles. The van der Waals surface area contributed by atoms with Gasteiger partial charge in [0.05, 0.1) is 4.92 Å². The number of carbonyl (C=O) groups excluding carboxylic acids is 1. The zero-order chi connectivity index (χ0) is 14.9. The number of hydrogen-bond acceptors (Lipinski definition) is 5. The summed E-state index contributed by atoms with van der Waals surface area (Å²) in [6, 6.07) is 1.23. The van der Waals surface area contributed by atoms with Crippen molar-refractivity contribution in [2.24, 2.45) is 0 Å². The third kappa shape index (κ3) is 2.45. The van der Waals surface area contributed by atoms with Crippen molar-refractivity contribution in [3.05, 3.63) is 44.4 Å². The van der Waals surface area contributed by atoms with Crippen LogP contribution in [0.4, 0.5) is 11.5 Å². The highest BCUT2D eigenvalue weighted by Crippen LogP contribution is 2.27. The first kappa shape index (κ1) is 13.9. The van der Waals surface area contributed by atoms with Gasteiger partial charge in [-0.25, -0.2) is 4.98 Å². The van der Waals surface area contributed by atoms with Crippen molar-refractivity contribution in [1.82, 2.24) is 15.2 Å². The Morgan fingerprint density at radius 3 is 2.75 bits per heavy atom. The first-order chi connectivity index (χ1) is 9.41. The largest absolute Gasteiger partial charge is 0.319 e. The standard InChI is InChI=1S/C11H10ClN5O3/c1-5-6(2)15-16-10(5)14-11(18)7-3-4-13-9(12)8(7)17(19)20/h3-4H,1-2H3,(H2,14,15,16,18). The summed E-state index contributed by atoms with van der Waals surface area (Å²) in [5.74, 6) is -0.356. The van der Waals surface area contributed by atoms with E-state index < -0.39 is 16.5 Å². The number of carbonyl (C=O) groups is 1. The number of nitro groups is 1. The van der Waals surface area contributed by atoms with Crippen molar-refractivity contribution in [2.45, 2.75) is 13.8 Å². The van der Waals surface area contributed by atoms with Gasteiger partial charge in [0.25, 0.3) is 5.91 Å². The van der Waals surface area contributed by atoms with E-state index >= 15 is 0 Å². The molecule has 2 rings (SSSR count). The molecule has 0 aliphatic heterocycles. The Bertz CT molecular complexity index is 697. The van der Waals surface area contributed by atoms with E-state index in [0.717, 1.165) is 11.3 Å². The molecule has 1 amide bonds. The summed E-state index contributed by atoms with van der Waals surface area (Å²) in [7, 11) is 0. The molecule has 0 unspecified atom stereocenters. The maximum atomic E-state index is 12.1. The van der Waals surface area contributed by atoms with Gasteiger partial charge in [-0.05, 0) is 19.9 Å². The summed E-state index contributed by atoms with van der Waals surface area (Å²) >= 11 is 5.65.